The van der Waals surface area contributed by atoms with E-state index >= 15 is 0 Å². The summed E-state index contributed by atoms with van der Waals surface area (Å²) in [7, 11) is -8.11. The molecule has 4 aromatic carbocycles. The van der Waals surface area contributed by atoms with Gasteiger partial charge in [-0.2, -0.15) is 8.61 Å². The lowest BCUT2D eigenvalue weighted by Gasteiger charge is -2.37. The number of hydrogen-bond donors (Lipinski definition) is 3. The van der Waals surface area contributed by atoms with Gasteiger partial charge in [-0.3, -0.25) is 0 Å². The summed E-state index contributed by atoms with van der Waals surface area (Å²) in [6, 6.07) is 29.2. The Kier molecular flexibility index (Phi) is 9.93. The highest BCUT2D eigenvalue weighted by atomic mass is 35.5. The first-order valence-electron chi connectivity index (χ1n) is 13.2. The van der Waals surface area contributed by atoms with Crippen LogP contribution in [0.15, 0.2) is 119 Å². The van der Waals surface area contributed by atoms with Crippen molar-refractivity contribution in [3.05, 3.63) is 120 Å². The minimum Gasteiger partial charge on any atom is -0.399 e. The fraction of sp³-hybridized carbons (Fsp3) is 0.200. The van der Waals surface area contributed by atoms with Crippen LogP contribution >= 0.6 is 12.4 Å². The van der Waals surface area contributed by atoms with Crippen LogP contribution in [0.4, 0.5) is 11.4 Å². The lowest BCUT2D eigenvalue weighted by atomic mass is 10.1. The third-order valence-corrected chi connectivity index (χ3v) is 11.0. The number of nitrogens with one attached hydrogen (secondary N) is 1. The summed E-state index contributed by atoms with van der Waals surface area (Å²) in [5.41, 5.74) is 14.1. The van der Waals surface area contributed by atoms with Crippen molar-refractivity contribution in [1.82, 2.24) is 13.9 Å². The molecular weight excluding hydrogens is 594 g/mol. The average Bonchev–Trinajstić information content (AvgIpc) is 3.45. The second-order valence-electron chi connectivity index (χ2n) is 10.0. The van der Waals surface area contributed by atoms with E-state index < -0.39 is 32.1 Å². The molecule has 4 aromatic rings. The molecule has 0 saturated carbocycles. The molecule has 1 heterocycles. The summed E-state index contributed by atoms with van der Waals surface area (Å²) in [5.74, 6) is 0. The smallest absolute Gasteiger partial charge is 0.243 e. The van der Waals surface area contributed by atoms with Crippen LogP contribution in [-0.2, 0) is 33.1 Å². The van der Waals surface area contributed by atoms with Gasteiger partial charge in [0.15, 0.2) is 0 Å². The predicted molar refractivity (Wildman–Crippen MR) is 168 cm³/mol. The molecule has 1 aliphatic heterocycles. The van der Waals surface area contributed by atoms with Crippen LogP contribution in [-0.4, -0.2) is 50.6 Å². The fourth-order valence-corrected chi connectivity index (χ4v) is 8.36. The number of rotatable bonds is 10. The van der Waals surface area contributed by atoms with Gasteiger partial charge in [0.1, 0.15) is 0 Å². The SMILES string of the molecule is Cl.Nc1ccc(S(=O)(=O)N(Cc2ccccc2)[C@H]2CNC[C@@H]2N(Cc2ccccc2)S(=O)(=O)c2ccc(N)cc2)cc1. The molecule has 0 aromatic heterocycles. The number of benzene rings is 4. The molecule has 0 spiro atoms. The van der Waals surface area contributed by atoms with Crippen molar-refractivity contribution in [2.45, 2.75) is 35.0 Å². The number of nitrogens with two attached hydrogens (primary N) is 2. The van der Waals surface area contributed by atoms with E-state index in [0.29, 0.717) is 11.4 Å². The van der Waals surface area contributed by atoms with Crippen LogP contribution in [0.2, 0.25) is 0 Å². The highest BCUT2D eigenvalue weighted by molar-refractivity contribution is 7.89. The molecule has 0 radical (unpaired) electrons. The van der Waals surface area contributed by atoms with Crippen LogP contribution in [0.25, 0.3) is 0 Å². The summed E-state index contributed by atoms with van der Waals surface area (Å²) in [6.07, 6.45) is 0. The zero-order chi connectivity index (χ0) is 29.0. The van der Waals surface area contributed by atoms with Crippen molar-refractivity contribution in [2.24, 2.45) is 0 Å². The van der Waals surface area contributed by atoms with Gasteiger partial charge in [0.25, 0.3) is 0 Å². The van der Waals surface area contributed by atoms with E-state index in [1.54, 1.807) is 24.3 Å². The van der Waals surface area contributed by atoms with E-state index in [1.165, 1.54) is 32.9 Å². The zero-order valence-electron chi connectivity index (χ0n) is 22.8. The molecule has 5 N–H and O–H groups in total. The molecule has 0 unspecified atom stereocenters. The van der Waals surface area contributed by atoms with Gasteiger partial charge in [0.2, 0.25) is 20.0 Å². The van der Waals surface area contributed by atoms with Crippen molar-refractivity contribution >= 4 is 43.8 Å². The van der Waals surface area contributed by atoms with Gasteiger partial charge in [-0.15, -0.1) is 12.4 Å². The van der Waals surface area contributed by atoms with Gasteiger partial charge >= 0.3 is 0 Å². The summed E-state index contributed by atoms with van der Waals surface area (Å²) in [5, 5.41) is 3.27. The van der Waals surface area contributed by atoms with Gasteiger partial charge in [-0.1, -0.05) is 60.7 Å². The predicted octanol–water partition coefficient (Wildman–Crippen LogP) is 3.70. The maximum Gasteiger partial charge on any atom is 0.243 e. The van der Waals surface area contributed by atoms with Gasteiger partial charge in [0.05, 0.1) is 21.9 Å². The maximum absolute atomic E-state index is 14.2. The van der Waals surface area contributed by atoms with Crippen molar-refractivity contribution in [1.29, 1.82) is 0 Å². The Bertz CT molecular complexity index is 1550. The van der Waals surface area contributed by atoms with E-state index in [2.05, 4.69) is 5.32 Å². The molecular formula is C30H34ClN5O4S2. The Morgan fingerprint density at radius 1 is 0.571 bits per heavy atom. The number of sulfonamides is 2. The Morgan fingerprint density at radius 3 is 1.24 bits per heavy atom. The second kappa shape index (κ2) is 13.2. The van der Waals surface area contributed by atoms with E-state index in [0.717, 1.165) is 11.1 Å². The van der Waals surface area contributed by atoms with Crippen LogP contribution in [0, 0.1) is 0 Å². The van der Waals surface area contributed by atoms with Gasteiger partial charge in [-0.25, -0.2) is 16.8 Å². The van der Waals surface area contributed by atoms with Crippen LogP contribution in [0.5, 0.6) is 0 Å². The normalized spacial score (nSPS) is 17.3. The molecule has 1 saturated heterocycles. The molecule has 12 heteroatoms. The highest BCUT2D eigenvalue weighted by Crippen LogP contribution is 2.31. The minimum atomic E-state index is -4.05. The third kappa shape index (κ3) is 6.78. The number of nitrogen functional groups attached to an aromatic ring is 2. The van der Waals surface area contributed by atoms with Crippen LogP contribution < -0.4 is 16.8 Å². The quantitative estimate of drug-likeness (QED) is 0.228. The third-order valence-electron chi connectivity index (χ3n) is 7.23. The minimum absolute atomic E-state index is 0. The molecule has 2 atom stereocenters. The lowest BCUT2D eigenvalue weighted by molar-refractivity contribution is 0.219. The first-order valence-corrected chi connectivity index (χ1v) is 16.1. The molecule has 222 valence electrons. The molecule has 9 nitrogen and oxygen atoms in total. The topological polar surface area (TPSA) is 139 Å². The standard InChI is InChI=1S/C30H33N5O4S2.ClH/c31-25-11-15-27(16-12-25)40(36,37)34(21-23-7-3-1-4-8-23)29-19-33-20-30(29)35(22-24-9-5-2-6-10-24)41(38,39)28-17-13-26(32)14-18-28;/h1-18,29-30,33H,19-22,31-32H2;1H/t29-,30-;/m0./s1. The van der Waals surface area contributed by atoms with Gasteiger partial charge < -0.3 is 16.8 Å². The maximum atomic E-state index is 14.2. The van der Waals surface area contributed by atoms with Crippen molar-refractivity contribution in [2.75, 3.05) is 24.6 Å². The van der Waals surface area contributed by atoms with Gasteiger partial charge in [-0.05, 0) is 59.7 Å². The summed E-state index contributed by atoms with van der Waals surface area (Å²) in [4.78, 5) is 0.175. The number of anilines is 2. The molecule has 1 aliphatic rings. The van der Waals surface area contributed by atoms with E-state index in [9.17, 15) is 16.8 Å². The first-order chi connectivity index (χ1) is 19.7. The van der Waals surface area contributed by atoms with E-state index in [1.807, 2.05) is 60.7 Å². The largest absolute Gasteiger partial charge is 0.399 e. The Labute approximate surface area is 253 Å². The van der Waals surface area contributed by atoms with Crippen LogP contribution in [0.3, 0.4) is 0 Å². The molecule has 1 fully saturated rings. The summed E-state index contributed by atoms with van der Waals surface area (Å²) < 4.78 is 59.6. The molecule has 0 bridgehead atoms. The Morgan fingerprint density at radius 2 is 0.905 bits per heavy atom. The van der Waals surface area contributed by atoms with Crippen molar-refractivity contribution < 1.29 is 16.8 Å². The lowest BCUT2D eigenvalue weighted by Crippen LogP contribution is -2.54. The van der Waals surface area contributed by atoms with E-state index in [4.69, 9.17) is 11.5 Å². The Hall–Kier alpha value is -3.45. The van der Waals surface area contributed by atoms with E-state index in [-0.39, 0.29) is 48.4 Å². The summed E-state index contributed by atoms with van der Waals surface area (Å²) >= 11 is 0. The molecule has 0 aliphatic carbocycles. The number of halogens is 1. The monoisotopic (exact) mass is 627 g/mol. The number of nitrogens with zero attached hydrogens (tertiary/aromatic N) is 2. The molecule has 5 rings (SSSR count). The van der Waals surface area contributed by atoms with Crippen molar-refractivity contribution in [3.63, 3.8) is 0 Å². The Balaban J connectivity index is 0.00000405. The van der Waals surface area contributed by atoms with Gasteiger partial charge in [0, 0.05) is 37.6 Å². The van der Waals surface area contributed by atoms with Crippen LogP contribution in [0.1, 0.15) is 11.1 Å². The summed E-state index contributed by atoms with van der Waals surface area (Å²) in [6.45, 7) is 0.678. The zero-order valence-corrected chi connectivity index (χ0v) is 25.2. The van der Waals surface area contributed by atoms with Crippen molar-refractivity contribution in [3.8, 4) is 0 Å². The molecule has 0 amide bonds. The molecule has 42 heavy (non-hydrogen) atoms. The average molecular weight is 628 g/mol. The number of hydrogen-bond acceptors (Lipinski definition) is 7. The fourth-order valence-electron chi connectivity index (χ4n) is 5.08. The second-order valence-corrected chi connectivity index (χ2v) is 13.8. The highest BCUT2D eigenvalue weighted by Gasteiger charge is 2.45. The first kappa shape index (κ1) is 31.5.